The van der Waals surface area contributed by atoms with Gasteiger partial charge < -0.3 is 68.9 Å². The number of hydrogen-bond donors (Lipinski definition) is 6. The van der Waals surface area contributed by atoms with E-state index >= 15 is 0 Å². The third-order valence-electron chi connectivity index (χ3n) is 15.7. The zero-order valence-electron chi connectivity index (χ0n) is 44.6. The van der Waals surface area contributed by atoms with E-state index in [1.807, 2.05) is 70.2 Å². The van der Waals surface area contributed by atoms with Crippen LogP contribution in [0.2, 0.25) is 0 Å². The molecular weight excluding hydrogens is 933 g/mol. The van der Waals surface area contributed by atoms with Gasteiger partial charge in [0.05, 0.1) is 72.3 Å². The van der Waals surface area contributed by atoms with Crippen molar-refractivity contribution in [3.8, 4) is 5.69 Å². The number of carbonyl (C=O) groups is 1. The summed E-state index contributed by atoms with van der Waals surface area (Å²) in [6.45, 7) is 18.8. The second-order valence-electron chi connectivity index (χ2n) is 21.8. The van der Waals surface area contributed by atoms with Crippen molar-refractivity contribution in [2.75, 3.05) is 34.3 Å². The normalized spacial score (nSPS) is 39.1. The van der Waals surface area contributed by atoms with Crippen molar-refractivity contribution >= 4 is 5.97 Å². The summed E-state index contributed by atoms with van der Waals surface area (Å²) in [4.78, 5) is 18.5. The number of aliphatic hydroxyl groups is 6. The number of methoxy groups -OCH3 is 1. The Hall–Kier alpha value is -3.55. The second-order valence-corrected chi connectivity index (χ2v) is 21.8. The Bertz CT molecular complexity index is 2180. The molecule has 0 amide bonds. The molecule has 0 radical (unpaired) electrons. The van der Waals surface area contributed by atoms with Crippen LogP contribution in [0.4, 0.5) is 0 Å². The largest absolute Gasteiger partial charge is 0.459 e. The summed E-state index contributed by atoms with van der Waals surface area (Å²) in [6, 6.07) is 6.78. The molecule has 3 fully saturated rings. The lowest BCUT2D eigenvalue weighted by atomic mass is 9.77. The highest BCUT2D eigenvalue weighted by Crippen LogP contribution is 2.40. The van der Waals surface area contributed by atoms with E-state index < -0.39 is 102 Å². The Morgan fingerprint density at radius 3 is 2.22 bits per heavy atom. The molecule has 0 unspecified atom stereocenters. The van der Waals surface area contributed by atoms with Crippen LogP contribution in [0.15, 0.2) is 36.7 Å². The Kier molecular flexibility index (Phi) is 19.2. The lowest BCUT2D eigenvalue weighted by Crippen LogP contribution is -2.61. The summed E-state index contributed by atoms with van der Waals surface area (Å²) in [5.74, 6) is -2.79. The maximum atomic E-state index is 14.5. The van der Waals surface area contributed by atoms with E-state index in [1.165, 1.54) is 14.0 Å². The molecule has 3 saturated heterocycles. The highest BCUT2D eigenvalue weighted by molar-refractivity contribution is 5.73. The van der Waals surface area contributed by atoms with Gasteiger partial charge in [-0.15, -0.1) is 10.2 Å². The van der Waals surface area contributed by atoms with Crippen LogP contribution in [0, 0.1) is 17.8 Å². The van der Waals surface area contributed by atoms with Gasteiger partial charge in [0.1, 0.15) is 35.7 Å². The summed E-state index contributed by atoms with van der Waals surface area (Å²) in [5, 5.41) is 85.8. The summed E-state index contributed by atoms with van der Waals surface area (Å²) in [5.41, 5.74) is -1.47. The molecular formula is C51H84N8O13. The lowest BCUT2D eigenvalue weighted by Gasteiger charge is -2.49. The summed E-state index contributed by atoms with van der Waals surface area (Å²) < 4.78 is 41.7. The van der Waals surface area contributed by atoms with Crippen molar-refractivity contribution in [3.63, 3.8) is 0 Å². The molecule has 0 spiro atoms. The summed E-state index contributed by atoms with van der Waals surface area (Å²) in [7, 11) is 5.27. The fourth-order valence-electron chi connectivity index (χ4n) is 11.1. The van der Waals surface area contributed by atoms with Gasteiger partial charge in [0.15, 0.2) is 12.6 Å². The molecule has 0 saturated carbocycles. The molecule has 5 heterocycles. The number of hydrogen-bond acceptors (Lipinski definition) is 19. The van der Waals surface area contributed by atoms with Crippen LogP contribution >= 0.6 is 0 Å². The Morgan fingerprint density at radius 2 is 1.58 bits per heavy atom. The smallest absolute Gasteiger partial charge is 0.311 e. The molecule has 21 heteroatoms. The monoisotopic (exact) mass is 1020 g/mol. The quantitative estimate of drug-likeness (QED) is 0.127. The van der Waals surface area contributed by atoms with Gasteiger partial charge in [0, 0.05) is 57.2 Å². The first-order chi connectivity index (χ1) is 33.8. The predicted molar refractivity (Wildman–Crippen MR) is 263 cm³/mol. The number of aromatic nitrogens is 6. The molecule has 3 aromatic rings. The number of esters is 1. The number of rotatable bonds is 14. The van der Waals surface area contributed by atoms with Gasteiger partial charge in [-0.2, -0.15) is 0 Å². The van der Waals surface area contributed by atoms with Crippen molar-refractivity contribution in [2.45, 2.75) is 205 Å². The fourth-order valence-corrected chi connectivity index (χ4v) is 11.1. The minimum absolute atomic E-state index is 0.0985. The minimum Gasteiger partial charge on any atom is -0.459 e. The van der Waals surface area contributed by atoms with Crippen LogP contribution in [-0.4, -0.2) is 201 Å². The molecule has 72 heavy (non-hydrogen) atoms. The maximum absolute atomic E-state index is 14.5. The van der Waals surface area contributed by atoms with Gasteiger partial charge in [0.25, 0.3) is 0 Å². The second kappa shape index (κ2) is 24.0. The van der Waals surface area contributed by atoms with Gasteiger partial charge in [-0.25, -0.2) is 9.36 Å². The van der Waals surface area contributed by atoms with Crippen LogP contribution in [0.3, 0.4) is 0 Å². The molecule has 0 bridgehead atoms. The van der Waals surface area contributed by atoms with E-state index in [2.05, 4.69) is 25.5 Å². The fraction of sp³-hybridized carbons (Fsp3) is 0.784. The predicted octanol–water partition coefficient (Wildman–Crippen LogP) is 2.23. The van der Waals surface area contributed by atoms with Crippen LogP contribution in [-0.2, 0) is 52.8 Å². The number of carbonyl (C=O) groups excluding carboxylic acids is 1. The molecule has 6 N–H and O–H groups in total. The van der Waals surface area contributed by atoms with Crippen molar-refractivity contribution < 1.29 is 63.9 Å². The van der Waals surface area contributed by atoms with E-state index in [0.29, 0.717) is 38.2 Å². The zero-order valence-corrected chi connectivity index (χ0v) is 44.6. The molecule has 3 aliphatic heterocycles. The van der Waals surface area contributed by atoms with Crippen molar-refractivity contribution in [2.24, 2.45) is 17.8 Å². The van der Waals surface area contributed by atoms with Gasteiger partial charge in [0.2, 0.25) is 0 Å². The maximum Gasteiger partial charge on any atom is 0.311 e. The number of benzene rings is 1. The third kappa shape index (κ3) is 13.3. The van der Waals surface area contributed by atoms with Gasteiger partial charge in [-0.05, 0) is 105 Å². The standard InChI is InChI=1S/C51H84N8O13/c1-14-40-51(10,66)44(62)33(6)57(12)24-29(2)22-49(8,65)46(31(4)43(32(5)47(64)70-40)71-41-23-50(9,67-13)45(63)34(7)69-41)72-48-42(61)39(21-30(3)68-48)56(11)20-19-36-26-58(54-52-36)25-35-15-17-38(18-16-35)59-27-37(28-60)53-55-59/h15-18,26-27,29-34,39-46,48,60-63,65-66H,14,19-25,28H2,1-13H3/t29-,30-,31+,32-,33-,34+,39+,40-,41-,42-,43+,44-,45+,46-,48+,49-,50-,51-/m1/s1. The van der Waals surface area contributed by atoms with Crippen LogP contribution in [0.1, 0.15) is 112 Å². The molecule has 406 valence electrons. The van der Waals surface area contributed by atoms with Gasteiger partial charge in [-0.1, -0.05) is 43.3 Å². The first-order valence-corrected chi connectivity index (χ1v) is 25.6. The summed E-state index contributed by atoms with van der Waals surface area (Å²) in [6.07, 6.45) is -4.99. The Labute approximate surface area is 424 Å². The highest BCUT2D eigenvalue weighted by Gasteiger charge is 2.53. The van der Waals surface area contributed by atoms with Crippen LogP contribution < -0.4 is 0 Å². The zero-order chi connectivity index (χ0) is 53.0. The molecule has 6 rings (SSSR count). The molecule has 3 aliphatic rings. The van der Waals surface area contributed by atoms with Crippen LogP contribution in [0.25, 0.3) is 5.69 Å². The minimum atomic E-state index is -1.84. The van der Waals surface area contributed by atoms with Crippen molar-refractivity contribution in [1.82, 2.24) is 39.8 Å². The lowest BCUT2D eigenvalue weighted by molar-refractivity contribution is -0.318. The SMILES string of the molecule is CC[C@H]1OC(=O)[C@H](C)[C@@H](O[C@@H]2C[C@@](C)(OC)[C@@H](O)[C@H](C)O2)[C@H](C)[C@@H](O[C@@H]2O[C@H](C)C[C@H](N(C)CCc3cn(Cc4ccc(-n5cc(CO)nn5)cc4)nn3)[C@H]2O)[C@](C)(O)C[C@@H](C)CN(C)[C@H](C)[C@@H](O)[C@]1(C)O. The van der Waals surface area contributed by atoms with E-state index in [0.717, 1.165) is 16.9 Å². The molecule has 1 aromatic carbocycles. The Balaban J connectivity index is 1.24. The van der Waals surface area contributed by atoms with E-state index in [4.69, 9.17) is 28.4 Å². The number of cyclic esters (lactones) is 1. The number of aliphatic hydroxyl groups excluding tert-OH is 4. The Morgan fingerprint density at radius 1 is 0.903 bits per heavy atom. The highest BCUT2D eigenvalue weighted by atomic mass is 16.7. The van der Waals surface area contributed by atoms with E-state index in [1.54, 1.807) is 57.1 Å². The number of nitrogens with zero attached hydrogens (tertiary/aromatic N) is 8. The first kappa shape index (κ1) is 57.7. The topological polar surface area (TPSA) is 262 Å². The molecule has 2 aromatic heterocycles. The first-order valence-electron chi connectivity index (χ1n) is 25.6. The van der Waals surface area contributed by atoms with Crippen molar-refractivity contribution in [1.29, 1.82) is 0 Å². The number of ether oxygens (including phenoxy) is 6. The molecule has 0 aliphatic carbocycles. The molecule has 18 atom stereocenters. The number of likely N-dealkylation sites (N-methyl/N-ethyl adjacent to an activating group) is 2. The van der Waals surface area contributed by atoms with E-state index in [9.17, 15) is 35.4 Å². The van der Waals surface area contributed by atoms with Gasteiger partial charge >= 0.3 is 5.97 Å². The summed E-state index contributed by atoms with van der Waals surface area (Å²) >= 11 is 0. The van der Waals surface area contributed by atoms with Crippen molar-refractivity contribution in [3.05, 3.63) is 53.6 Å². The van der Waals surface area contributed by atoms with Crippen LogP contribution in [0.5, 0.6) is 0 Å². The van der Waals surface area contributed by atoms with Gasteiger partial charge in [-0.3, -0.25) is 4.79 Å². The molecule has 21 nitrogen and oxygen atoms in total. The average molecular weight is 1020 g/mol. The average Bonchev–Trinajstić information content (AvgIpc) is 4.02. The van der Waals surface area contributed by atoms with E-state index in [-0.39, 0.29) is 37.9 Å². The third-order valence-corrected chi connectivity index (χ3v) is 15.7.